The molecule has 4 atom stereocenters. The Balaban J connectivity index is 1.56. The summed E-state index contributed by atoms with van der Waals surface area (Å²) >= 11 is 0. The third-order valence-corrected chi connectivity index (χ3v) is 6.94. The fourth-order valence-corrected chi connectivity index (χ4v) is 5.53. The van der Waals surface area contributed by atoms with E-state index in [1.54, 1.807) is 37.4 Å². The van der Waals surface area contributed by atoms with Crippen molar-refractivity contribution in [3.8, 4) is 11.5 Å². The van der Waals surface area contributed by atoms with Crippen molar-refractivity contribution >= 4 is 23.4 Å². The van der Waals surface area contributed by atoms with Gasteiger partial charge in [-0.3, -0.25) is 24.6 Å². The van der Waals surface area contributed by atoms with E-state index in [0.717, 1.165) is 0 Å². The molecule has 5 rings (SSSR count). The van der Waals surface area contributed by atoms with Crippen molar-refractivity contribution in [1.82, 2.24) is 10.2 Å². The first-order valence-electron chi connectivity index (χ1n) is 10.9. The Labute approximate surface area is 190 Å². The van der Waals surface area contributed by atoms with Gasteiger partial charge in [0.25, 0.3) is 0 Å². The van der Waals surface area contributed by atoms with Gasteiger partial charge in [0.2, 0.25) is 17.7 Å². The maximum absolute atomic E-state index is 13.6. The average molecular weight is 451 g/mol. The lowest BCUT2D eigenvalue weighted by atomic mass is 9.76. The molecule has 0 bridgehead atoms. The number of amides is 3. The van der Waals surface area contributed by atoms with Crippen molar-refractivity contribution < 1.29 is 29.3 Å². The number of rotatable bonds is 6. The summed E-state index contributed by atoms with van der Waals surface area (Å²) in [5.41, 5.74) is 0.590. The number of aromatic hydroxyl groups is 2. The fourth-order valence-electron chi connectivity index (χ4n) is 5.53. The Kier molecular flexibility index (Phi) is 5.10. The van der Waals surface area contributed by atoms with Crippen molar-refractivity contribution in [2.45, 2.75) is 24.4 Å². The second-order valence-electron chi connectivity index (χ2n) is 8.76. The minimum absolute atomic E-state index is 0.227. The highest BCUT2D eigenvalue weighted by Crippen LogP contribution is 2.53. The number of hydrogen-bond acceptors (Lipinski definition) is 7. The van der Waals surface area contributed by atoms with Gasteiger partial charge in [-0.1, -0.05) is 24.3 Å². The van der Waals surface area contributed by atoms with Crippen LogP contribution in [0.2, 0.25) is 0 Å². The van der Waals surface area contributed by atoms with E-state index >= 15 is 0 Å². The van der Waals surface area contributed by atoms with E-state index in [4.69, 9.17) is 4.74 Å². The molecule has 3 aliphatic heterocycles. The summed E-state index contributed by atoms with van der Waals surface area (Å²) in [6.45, 7) is 0.639. The zero-order chi connectivity index (χ0) is 23.3. The van der Waals surface area contributed by atoms with Gasteiger partial charge in [0.05, 0.1) is 11.8 Å². The molecule has 2 fully saturated rings. The number of hydrogen-bond donors (Lipinski definition) is 4. The van der Waals surface area contributed by atoms with E-state index < -0.39 is 23.4 Å². The van der Waals surface area contributed by atoms with Crippen LogP contribution >= 0.6 is 0 Å². The van der Waals surface area contributed by atoms with Crippen LogP contribution in [-0.2, 0) is 31.1 Å². The fraction of sp³-hybridized carbons (Fsp3) is 0.375. The standard InChI is InChI=1S/C24H25N3O6/c1-33-10-4-9-27-21(30)19-16(11-13-7-8-17(28)18(29)12-13)26-24(20(19)22(27)31)14-5-2-3-6-15(14)25-23(24)32/h2-3,5-8,12,16,19-20,26,28-29H,4,9-11H2,1H3,(H,25,32). The molecule has 9 heteroatoms. The molecular weight excluding hydrogens is 426 g/mol. The number of nitrogens with zero attached hydrogens (tertiary/aromatic N) is 1. The Hall–Kier alpha value is -3.43. The number of methoxy groups -OCH3 is 1. The highest BCUT2D eigenvalue weighted by atomic mass is 16.5. The van der Waals surface area contributed by atoms with E-state index in [0.29, 0.717) is 29.8 Å². The van der Waals surface area contributed by atoms with Crippen LogP contribution in [0.25, 0.3) is 0 Å². The smallest absolute Gasteiger partial charge is 0.250 e. The predicted molar refractivity (Wildman–Crippen MR) is 117 cm³/mol. The van der Waals surface area contributed by atoms with Crippen LogP contribution in [0.15, 0.2) is 42.5 Å². The average Bonchev–Trinajstić information content (AvgIpc) is 3.37. The first-order valence-corrected chi connectivity index (χ1v) is 10.9. The maximum Gasteiger partial charge on any atom is 0.250 e. The Morgan fingerprint density at radius 1 is 1.06 bits per heavy atom. The zero-order valence-electron chi connectivity index (χ0n) is 18.1. The lowest BCUT2D eigenvalue weighted by molar-refractivity contribution is -0.143. The van der Waals surface area contributed by atoms with Crippen molar-refractivity contribution in [3.05, 3.63) is 53.6 Å². The lowest BCUT2D eigenvalue weighted by Crippen LogP contribution is -2.53. The number of anilines is 1. The summed E-state index contributed by atoms with van der Waals surface area (Å²) in [6, 6.07) is 11.1. The summed E-state index contributed by atoms with van der Waals surface area (Å²) in [5.74, 6) is -3.16. The van der Waals surface area contributed by atoms with Crippen molar-refractivity contribution in [1.29, 1.82) is 0 Å². The number of para-hydroxylation sites is 1. The summed E-state index contributed by atoms with van der Waals surface area (Å²) in [5, 5.41) is 25.8. The van der Waals surface area contributed by atoms with E-state index in [-0.39, 0.29) is 42.2 Å². The molecule has 172 valence electrons. The van der Waals surface area contributed by atoms with Gasteiger partial charge in [0.15, 0.2) is 11.5 Å². The zero-order valence-corrected chi connectivity index (χ0v) is 18.1. The molecule has 0 aromatic heterocycles. The van der Waals surface area contributed by atoms with Gasteiger partial charge in [-0.25, -0.2) is 0 Å². The molecule has 9 nitrogen and oxygen atoms in total. The Bertz CT molecular complexity index is 1150. The molecule has 3 heterocycles. The summed E-state index contributed by atoms with van der Waals surface area (Å²) in [4.78, 5) is 41.7. The van der Waals surface area contributed by atoms with Crippen molar-refractivity contribution in [3.63, 3.8) is 0 Å². The molecular formula is C24H25N3O6. The molecule has 4 unspecified atom stereocenters. The molecule has 2 aromatic carbocycles. The van der Waals surface area contributed by atoms with Gasteiger partial charge in [0, 0.05) is 37.6 Å². The van der Waals surface area contributed by atoms with Gasteiger partial charge < -0.3 is 20.3 Å². The van der Waals surface area contributed by atoms with Crippen LogP contribution in [0.4, 0.5) is 5.69 Å². The van der Waals surface area contributed by atoms with E-state index in [2.05, 4.69) is 10.6 Å². The molecule has 4 N–H and O–H groups in total. The van der Waals surface area contributed by atoms with Crippen LogP contribution < -0.4 is 10.6 Å². The van der Waals surface area contributed by atoms with Gasteiger partial charge in [0.1, 0.15) is 5.54 Å². The summed E-state index contributed by atoms with van der Waals surface area (Å²) in [7, 11) is 1.56. The molecule has 2 saturated heterocycles. The van der Waals surface area contributed by atoms with E-state index in [1.165, 1.54) is 17.0 Å². The van der Waals surface area contributed by atoms with Gasteiger partial charge >= 0.3 is 0 Å². The SMILES string of the molecule is COCCCN1C(=O)C2C(Cc3ccc(O)c(O)c3)NC3(C(=O)Nc4ccccc43)C2C1=O. The second-order valence-corrected chi connectivity index (χ2v) is 8.76. The summed E-state index contributed by atoms with van der Waals surface area (Å²) < 4.78 is 5.07. The quantitative estimate of drug-likeness (QED) is 0.294. The molecule has 33 heavy (non-hydrogen) atoms. The predicted octanol–water partition coefficient (Wildman–Crippen LogP) is 1.10. The van der Waals surface area contributed by atoms with Crippen LogP contribution in [0.5, 0.6) is 11.5 Å². The van der Waals surface area contributed by atoms with Crippen LogP contribution in [-0.4, -0.2) is 59.1 Å². The van der Waals surface area contributed by atoms with Gasteiger partial charge in [-0.15, -0.1) is 0 Å². The Morgan fingerprint density at radius 3 is 2.61 bits per heavy atom. The Morgan fingerprint density at radius 2 is 1.85 bits per heavy atom. The van der Waals surface area contributed by atoms with Crippen LogP contribution in [0, 0.1) is 11.8 Å². The third kappa shape index (κ3) is 3.11. The van der Waals surface area contributed by atoms with Crippen LogP contribution in [0.3, 0.4) is 0 Å². The topological polar surface area (TPSA) is 128 Å². The van der Waals surface area contributed by atoms with E-state index in [9.17, 15) is 24.6 Å². The first kappa shape index (κ1) is 21.4. The molecule has 0 radical (unpaired) electrons. The highest BCUT2D eigenvalue weighted by Gasteiger charge is 2.70. The maximum atomic E-state index is 13.6. The number of benzene rings is 2. The number of likely N-dealkylation sites (tertiary alicyclic amines) is 1. The number of phenols is 2. The molecule has 1 spiro atoms. The van der Waals surface area contributed by atoms with Gasteiger partial charge in [-0.2, -0.15) is 0 Å². The largest absolute Gasteiger partial charge is 0.504 e. The molecule has 3 amide bonds. The highest BCUT2D eigenvalue weighted by molar-refractivity contribution is 6.15. The number of phenolic OH excluding ortho intramolecular Hbond substituents is 2. The first-order chi connectivity index (χ1) is 15.9. The molecule has 0 aliphatic carbocycles. The monoisotopic (exact) mass is 451 g/mol. The van der Waals surface area contributed by atoms with E-state index in [1.807, 2.05) is 0 Å². The van der Waals surface area contributed by atoms with Gasteiger partial charge in [-0.05, 0) is 36.6 Å². The van der Waals surface area contributed by atoms with Crippen LogP contribution in [0.1, 0.15) is 17.5 Å². The number of nitrogens with one attached hydrogen (secondary N) is 2. The van der Waals surface area contributed by atoms with Crippen molar-refractivity contribution in [2.24, 2.45) is 11.8 Å². The molecule has 3 aliphatic rings. The minimum atomic E-state index is -1.35. The van der Waals surface area contributed by atoms with Crippen molar-refractivity contribution in [2.75, 3.05) is 25.6 Å². The number of carbonyl (C=O) groups excluding carboxylic acids is 3. The number of imide groups is 1. The lowest BCUT2D eigenvalue weighted by Gasteiger charge is -2.29. The second kappa shape index (κ2) is 7.86. The third-order valence-electron chi connectivity index (χ3n) is 6.94. The number of fused-ring (bicyclic) bond motifs is 4. The minimum Gasteiger partial charge on any atom is -0.504 e. The number of carbonyl (C=O) groups is 3. The number of ether oxygens (including phenoxy) is 1. The molecule has 2 aromatic rings. The molecule has 0 saturated carbocycles. The summed E-state index contributed by atoms with van der Waals surface area (Å²) in [6.07, 6.45) is 0.796. The normalized spacial score (nSPS) is 27.8.